The topological polar surface area (TPSA) is 35.5 Å². The van der Waals surface area contributed by atoms with Gasteiger partial charge in [-0.05, 0) is 12.1 Å². The van der Waals surface area contributed by atoms with Crippen LogP contribution in [0.1, 0.15) is 0 Å². The molecule has 64 valence electrons. The highest BCUT2D eigenvalue weighted by atomic mass is 31.1. The maximum Gasteiger partial charge on any atom is 0.192 e. The fourth-order valence-corrected chi connectivity index (χ4v) is 1.21. The third kappa shape index (κ3) is 1.95. The summed E-state index contributed by atoms with van der Waals surface area (Å²) in [5.41, 5.74) is 0. The Morgan fingerprint density at radius 1 is 1.08 bits per heavy atom. The Bertz CT molecular complexity index is 263. The lowest BCUT2D eigenvalue weighted by atomic mass is 10.3. The van der Waals surface area contributed by atoms with Gasteiger partial charge >= 0.3 is 0 Å². The first-order valence-electron chi connectivity index (χ1n) is 3.36. The second-order valence-corrected chi connectivity index (χ2v) is 2.86. The maximum atomic E-state index is 10.5. The number of methoxy groups -OCH3 is 2. The zero-order valence-electron chi connectivity index (χ0n) is 6.90. The van der Waals surface area contributed by atoms with E-state index in [4.69, 9.17) is 9.47 Å². The maximum absolute atomic E-state index is 10.5. The normalized spacial score (nSPS) is 9.83. The van der Waals surface area contributed by atoms with Crippen LogP contribution < -0.4 is 14.8 Å². The molecule has 1 rings (SSSR count). The molecule has 0 fully saturated rings. The SMILES string of the molecule is COc1cc(OC)cc(P=O)c1. The zero-order chi connectivity index (χ0) is 8.97. The van der Waals surface area contributed by atoms with Gasteiger partial charge in [0.1, 0.15) is 11.5 Å². The van der Waals surface area contributed by atoms with E-state index in [2.05, 4.69) is 0 Å². The lowest BCUT2D eigenvalue weighted by Gasteiger charge is -2.03. The number of rotatable bonds is 3. The molecule has 0 saturated heterocycles. The van der Waals surface area contributed by atoms with E-state index in [0.717, 1.165) is 0 Å². The van der Waals surface area contributed by atoms with Crippen molar-refractivity contribution in [1.29, 1.82) is 0 Å². The molecule has 0 aromatic heterocycles. The first kappa shape index (κ1) is 9.01. The van der Waals surface area contributed by atoms with Crippen LogP contribution in [0.2, 0.25) is 0 Å². The van der Waals surface area contributed by atoms with E-state index < -0.39 is 0 Å². The van der Waals surface area contributed by atoms with Crippen LogP contribution >= 0.6 is 8.46 Å². The second-order valence-electron chi connectivity index (χ2n) is 2.16. The predicted molar refractivity (Wildman–Crippen MR) is 46.8 cm³/mol. The standard InChI is InChI=1S/C8H9O3P/c1-10-6-3-7(11-2)5-8(4-6)12-9/h3-5H,1-2H3. The molecule has 3 nitrogen and oxygen atoms in total. The first-order valence-corrected chi connectivity index (χ1v) is 4.18. The molecule has 0 spiro atoms. The first-order chi connectivity index (χ1) is 5.80. The summed E-state index contributed by atoms with van der Waals surface area (Å²) in [5.74, 6) is 1.29. The summed E-state index contributed by atoms with van der Waals surface area (Å²) in [4.78, 5) is 0. The van der Waals surface area contributed by atoms with Crippen molar-refractivity contribution in [2.24, 2.45) is 0 Å². The molecule has 4 heteroatoms. The number of benzene rings is 1. The summed E-state index contributed by atoms with van der Waals surface area (Å²) in [6.45, 7) is 0. The number of hydrogen-bond donors (Lipinski definition) is 0. The Hall–Kier alpha value is -1.08. The van der Waals surface area contributed by atoms with Gasteiger partial charge in [-0.25, -0.2) is 0 Å². The molecule has 0 aliphatic carbocycles. The van der Waals surface area contributed by atoms with E-state index in [1.807, 2.05) is 0 Å². The third-order valence-electron chi connectivity index (χ3n) is 1.44. The lowest BCUT2D eigenvalue weighted by molar-refractivity contribution is 0.395. The minimum atomic E-state index is -0.0316. The van der Waals surface area contributed by atoms with Crippen LogP contribution in [0, 0.1) is 0 Å². The molecule has 12 heavy (non-hydrogen) atoms. The molecule has 0 amide bonds. The zero-order valence-corrected chi connectivity index (χ0v) is 7.80. The molecule has 0 bridgehead atoms. The molecule has 0 N–H and O–H groups in total. The van der Waals surface area contributed by atoms with Gasteiger partial charge in [-0.1, -0.05) is 0 Å². The summed E-state index contributed by atoms with van der Waals surface area (Å²) in [6, 6.07) is 5.11. The highest BCUT2D eigenvalue weighted by Crippen LogP contribution is 2.19. The van der Waals surface area contributed by atoms with Crippen LogP contribution in [0.15, 0.2) is 18.2 Å². The Kier molecular flexibility index (Phi) is 3.06. The van der Waals surface area contributed by atoms with Crippen LogP contribution in [0.25, 0.3) is 0 Å². The molecular formula is C8H9O3P. The number of ether oxygens (including phenoxy) is 2. The van der Waals surface area contributed by atoms with Gasteiger partial charge in [0.15, 0.2) is 8.46 Å². The van der Waals surface area contributed by atoms with Gasteiger partial charge < -0.3 is 9.47 Å². The second kappa shape index (κ2) is 4.07. The van der Waals surface area contributed by atoms with Crippen molar-refractivity contribution >= 4 is 13.8 Å². The van der Waals surface area contributed by atoms with Gasteiger partial charge in [0, 0.05) is 6.07 Å². The van der Waals surface area contributed by atoms with Gasteiger partial charge in [0.2, 0.25) is 0 Å². The van der Waals surface area contributed by atoms with Crippen molar-refractivity contribution in [1.82, 2.24) is 0 Å². The van der Waals surface area contributed by atoms with E-state index in [0.29, 0.717) is 16.8 Å². The van der Waals surface area contributed by atoms with Crippen molar-refractivity contribution in [3.63, 3.8) is 0 Å². The molecule has 0 unspecified atom stereocenters. The Balaban J connectivity index is 3.09. The van der Waals surface area contributed by atoms with E-state index in [-0.39, 0.29) is 8.46 Å². The molecule has 1 aromatic carbocycles. The minimum Gasteiger partial charge on any atom is -0.497 e. The molecule has 1 aromatic rings. The van der Waals surface area contributed by atoms with Crippen molar-refractivity contribution in [2.45, 2.75) is 0 Å². The van der Waals surface area contributed by atoms with Gasteiger partial charge in [-0.3, -0.25) is 4.57 Å². The fraction of sp³-hybridized carbons (Fsp3) is 0.250. The Labute approximate surface area is 72.5 Å². The summed E-state index contributed by atoms with van der Waals surface area (Å²) >= 11 is 0. The predicted octanol–water partition coefficient (Wildman–Crippen LogP) is 1.62. The van der Waals surface area contributed by atoms with E-state index >= 15 is 0 Å². The molecule has 0 heterocycles. The van der Waals surface area contributed by atoms with E-state index in [1.165, 1.54) is 0 Å². The summed E-state index contributed by atoms with van der Waals surface area (Å²) < 4.78 is 20.5. The van der Waals surface area contributed by atoms with Crippen LogP contribution in [-0.2, 0) is 4.57 Å². The summed E-state index contributed by atoms with van der Waals surface area (Å²) in [5, 5.41) is 0.645. The van der Waals surface area contributed by atoms with E-state index in [9.17, 15) is 4.57 Å². The third-order valence-corrected chi connectivity index (χ3v) is 1.91. The molecule has 0 aliphatic rings. The van der Waals surface area contributed by atoms with Crippen molar-refractivity contribution in [3.8, 4) is 11.5 Å². The molecule has 0 saturated carbocycles. The Morgan fingerprint density at radius 2 is 1.58 bits per heavy atom. The van der Waals surface area contributed by atoms with Crippen LogP contribution in [0.5, 0.6) is 11.5 Å². The van der Waals surface area contributed by atoms with Gasteiger partial charge in [-0.2, -0.15) is 0 Å². The quantitative estimate of drug-likeness (QED) is 0.669. The van der Waals surface area contributed by atoms with Crippen LogP contribution in [0.3, 0.4) is 0 Å². The van der Waals surface area contributed by atoms with Gasteiger partial charge in [-0.15, -0.1) is 0 Å². The Morgan fingerprint density at radius 3 is 1.92 bits per heavy atom. The molecular weight excluding hydrogens is 175 g/mol. The van der Waals surface area contributed by atoms with Gasteiger partial charge in [0.05, 0.1) is 19.5 Å². The van der Waals surface area contributed by atoms with Crippen LogP contribution in [-0.4, -0.2) is 14.2 Å². The number of hydrogen-bond acceptors (Lipinski definition) is 3. The molecule has 0 radical (unpaired) electrons. The average molecular weight is 184 g/mol. The van der Waals surface area contributed by atoms with Crippen molar-refractivity contribution < 1.29 is 14.0 Å². The molecule has 0 atom stereocenters. The molecule has 0 aliphatic heterocycles. The van der Waals surface area contributed by atoms with Crippen LogP contribution in [0.4, 0.5) is 0 Å². The van der Waals surface area contributed by atoms with Crippen molar-refractivity contribution in [3.05, 3.63) is 18.2 Å². The summed E-state index contributed by atoms with van der Waals surface area (Å²) in [7, 11) is 3.08. The summed E-state index contributed by atoms with van der Waals surface area (Å²) in [6.07, 6.45) is 0. The average Bonchev–Trinajstić information content (AvgIpc) is 2.16. The van der Waals surface area contributed by atoms with Gasteiger partial charge in [0.25, 0.3) is 0 Å². The van der Waals surface area contributed by atoms with E-state index in [1.54, 1.807) is 32.4 Å². The monoisotopic (exact) mass is 184 g/mol. The lowest BCUT2D eigenvalue weighted by Crippen LogP contribution is -1.95. The minimum absolute atomic E-state index is 0.0316. The fourth-order valence-electron chi connectivity index (χ4n) is 0.845. The largest absolute Gasteiger partial charge is 0.497 e. The highest BCUT2D eigenvalue weighted by Gasteiger charge is 2.00. The van der Waals surface area contributed by atoms with Crippen molar-refractivity contribution in [2.75, 3.05) is 14.2 Å². The smallest absolute Gasteiger partial charge is 0.192 e. The highest BCUT2D eigenvalue weighted by molar-refractivity contribution is 7.34.